The third kappa shape index (κ3) is 2.66. The highest BCUT2D eigenvalue weighted by Gasteiger charge is 2.42. The van der Waals surface area contributed by atoms with Crippen molar-refractivity contribution in [1.29, 1.82) is 0 Å². The summed E-state index contributed by atoms with van der Waals surface area (Å²) in [6.45, 7) is 0.864. The zero-order valence-corrected chi connectivity index (χ0v) is 8.26. The Kier molecular flexibility index (Phi) is 3.30. The van der Waals surface area contributed by atoms with Crippen LogP contribution in [0.5, 0.6) is 0 Å². The molecule has 0 atom stereocenters. The van der Waals surface area contributed by atoms with E-state index in [1.807, 2.05) is 0 Å². The fraction of sp³-hybridized carbons (Fsp3) is 0.375. The normalized spacial score (nSPS) is 11.9. The van der Waals surface area contributed by atoms with Gasteiger partial charge >= 0.3 is 18.4 Å². The van der Waals surface area contributed by atoms with Crippen molar-refractivity contribution >= 4 is 5.82 Å². The molecule has 1 aromatic rings. The molecule has 0 spiro atoms. The lowest BCUT2D eigenvalue weighted by Crippen LogP contribution is -2.14. The second kappa shape index (κ2) is 4.22. The van der Waals surface area contributed by atoms with Crippen molar-refractivity contribution in [2.75, 3.05) is 0 Å². The van der Waals surface area contributed by atoms with Gasteiger partial charge in [-0.05, 0) is 28.5 Å². The lowest BCUT2D eigenvalue weighted by molar-refractivity contribution is -0.393. The highest BCUT2D eigenvalue weighted by atomic mass is 19.4. The quantitative estimate of drug-likeness (QED) is 0.463. The highest BCUT2D eigenvalue weighted by Crippen LogP contribution is 2.38. The van der Waals surface area contributed by atoms with E-state index in [9.17, 15) is 32.1 Å². The van der Waals surface area contributed by atoms with Crippen LogP contribution in [0.3, 0.4) is 0 Å². The van der Waals surface area contributed by atoms with Crippen molar-refractivity contribution in [3.8, 4) is 0 Å². The van der Waals surface area contributed by atoms with Crippen LogP contribution < -0.4 is 0 Å². The number of alkyl halides is 5. The average Bonchev–Trinajstić information content (AvgIpc) is 2.13. The first-order valence-electron chi connectivity index (χ1n) is 4.16. The minimum Gasteiger partial charge on any atom is -0.358 e. The summed E-state index contributed by atoms with van der Waals surface area (Å²) in [7, 11) is 0. The molecule has 0 aliphatic rings. The van der Waals surface area contributed by atoms with E-state index in [0.717, 1.165) is 6.92 Å². The molecule has 0 aliphatic heterocycles. The van der Waals surface area contributed by atoms with E-state index in [4.69, 9.17) is 0 Å². The molecule has 9 heteroatoms. The van der Waals surface area contributed by atoms with Gasteiger partial charge in [0.1, 0.15) is 0 Å². The number of hydrogen-bond donors (Lipinski definition) is 0. The number of nitro groups is 1. The van der Waals surface area contributed by atoms with Crippen LogP contribution in [0.2, 0.25) is 0 Å². The molecule has 0 aromatic carbocycles. The van der Waals surface area contributed by atoms with E-state index in [2.05, 4.69) is 4.98 Å². The molecule has 0 bridgehead atoms. The number of hydrogen-bond acceptors (Lipinski definition) is 3. The third-order valence-electron chi connectivity index (χ3n) is 1.90. The van der Waals surface area contributed by atoms with Crippen LogP contribution in [0.15, 0.2) is 6.07 Å². The van der Waals surface area contributed by atoms with Gasteiger partial charge in [0.25, 0.3) is 0 Å². The lowest BCUT2D eigenvalue weighted by Gasteiger charge is -2.10. The Morgan fingerprint density at radius 3 is 2.29 bits per heavy atom. The van der Waals surface area contributed by atoms with E-state index in [1.54, 1.807) is 0 Å². The Balaban J connectivity index is 3.56. The van der Waals surface area contributed by atoms with E-state index in [-0.39, 0.29) is 0 Å². The van der Waals surface area contributed by atoms with Crippen LogP contribution in [0.4, 0.5) is 27.8 Å². The van der Waals surface area contributed by atoms with Gasteiger partial charge < -0.3 is 10.1 Å². The molecular formula is C8H5F5N2O2. The molecule has 0 N–H and O–H groups in total. The summed E-state index contributed by atoms with van der Waals surface area (Å²) in [5.41, 5.74) is -3.32. The molecule has 0 saturated heterocycles. The Labute approximate surface area is 91.2 Å². The standard InChI is InChI=1S/C8H5F5N2O2/c1-3-2-4(6(9)10)14-7(15(16)17)5(3)8(11,12)13/h2,6H,1H3. The largest absolute Gasteiger partial charge is 0.424 e. The first-order valence-corrected chi connectivity index (χ1v) is 4.16. The number of halogens is 5. The molecule has 0 fully saturated rings. The Morgan fingerprint density at radius 2 is 1.94 bits per heavy atom. The Hall–Kier alpha value is -1.80. The van der Waals surface area contributed by atoms with Gasteiger partial charge in [-0.15, -0.1) is 0 Å². The minimum absolute atomic E-state index is 0.487. The summed E-state index contributed by atoms with van der Waals surface area (Å²) in [5.74, 6) is -1.60. The van der Waals surface area contributed by atoms with Gasteiger partial charge in [0.15, 0.2) is 5.56 Å². The van der Waals surface area contributed by atoms with Crippen molar-refractivity contribution in [2.45, 2.75) is 19.5 Å². The summed E-state index contributed by atoms with van der Waals surface area (Å²) in [6.07, 6.45) is -8.19. The molecule has 1 rings (SSSR count). The summed E-state index contributed by atoms with van der Waals surface area (Å²) >= 11 is 0. The number of aryl methyl sites for hydroxylation is 1. The van der Waals surface area contributed by atoms with Crippen molar-refractivity contribution in [3.05, 3.63) is 33.0 Å². The molecule has 94 valence electrons. The molecule has 0 amide bonds. The molecule has 1 heterocycles. The second-order valence-corrected chi connectivity index (χ2v) is 3.12. The van der Waals surface area contributed by atoms with Gasteiger partial charge in [0, 0.05) is 0 Å². The zero-order chi connectivity index (χ0) is 13.4. The molecule has 0 radical (unpaired) electrons. The van der Waals surface area contributed by atoms with Gasteiger partial charge in [0.2, 0.25) is 5.69 Å². The molecular weight excluding hydrogens is 251 g/mol. The summed E-state index contributed by atoms with van der Waals surface area (Å²) < 4.78 is 61.9. The van der Waals surface area contributed by atoms with Crippen LogP contribution in [0.25, 0.3) is 0 Å². The van der Waals surface area contributed by atoms with Gasteiger partial charge in [-0.2, -0.15) is 13.2 Å². The van der Waals surface area contributed by atoms with E-state index >= 15 is 0 Å². The van der Waals surface area contributed by atoms with Gasteiger partial charge in [0.05, 0.1) is 0 Å². The van der Waals surface area contributed by atoms with E-state index < -0.39 is 40.2 Å². The van der Waals surface area contributed by atoms with Gasteiger partial charge in [-0.3, -0.25) is 0 Å². The predicted octanol–water partition coefficient (Wildman–Crippen LogP) is 3.25. The maximum atomic E-state index is 12.5. The van der Waals surface area contributed by atoms with E-state index in [0.29, 0.717) is 6.07 Å². The molecule has 0 saturated carbocycles. The van der Waals surface area contributed by atoms with Crippen molar-refractivity contribution < 1.29 is 26.9 Å². The number of rotatable bonds is 2. The van der Waals surface area contributed by atoms with Gasteiger partial charge in [-0.25, -0.2) is 8.78 Å². The Bertz CT molecular complexity index is 458. The summed E-state index contributed by atoms with van der Waals surface area (Å²) in [5, 5.41) is 10.4. The lowest BCUT2D eigenvalue weighted by atomic mass is 10.1. The first-order chi connectivity index (χ1) is 7.64. The van der Waals surface area contributed by atoms with Crippen LogP contribution in [0, 0.1) is 17.0 Å². The smallest absolute Gasteiger partial charge is 0.358 e. The highest BCUT2D eigenvalue weighted by molar-refractivity contribution is 5.43. The average molecular weight is 256 g/mol. The topological polar surface area (TPSA) is 56.0 Å². The Morgan fingerprint density at radius 1 is 1.41 bits per heavy atom. The second-order valence-electron chi connectivity index (χ2n) is 3.12. The molecule has 1 aromatic heterocycles. The van der Waals surface area contributed by atoms with E-state index in [1.165, 1.54) is 0 Å². The monoisotopic (exact) mass is 256 g/mol. The van der Waals surface area contributed by atoms with Crippen molar-refractivity contribution in [1.82, 2.24) is 4.98 Å². The van der Waals surface area contributed by atoms with Gasteiger partial charge in [-0.1, -0.05) is 0 Å². The fourth-order valence-corrected chi connectivity index (χ4v) is 1.28. The zero-order valence-electron chi connectivity index (χ0n) is 8.26. The first kappa shape index (κ1) is 13.3. The van der Waals surface area contributed by atoms with Crippen LogP contribution in [-0.2, 0) is 6.18 Å². The van der Waals surface area contributed by atoms with Crippen LogP contribution in [-0.4, -0.2) is 9.91 Å². The maximum absolute atomic E-state index is 12.5. The molecule has 0 aliphatic carbocycles. The molecule has 17 heavy (non-hydrogen) atoms. The summed E-state index contributed by atoms with van der Waals surface area (Å²) in [4.78, 5) is 11.7. The molecule has 4 nitrogen and oxygen atoms in total. The van der Waals surface area contributed by atoms with Crippen molar-refractivity contribution in [2.24, 2.45) is 0 Å². The number of pyridine rings is 1. The molecule has 0 unspecified atom stereocenters. The van der Waals surface area contributed by atoms with Crippen molar-refractivity contribution in [3.63, 3.8) is 0 Å². The minimum atomic E-state index is -5.01. The number of aromatic nitrogens is 1. The SMILES string of the molecule is Cc1cc(C(F)F)nc([N+](=O)[O-])c1C(F)(F)F. The van der Waals surface area contributed by atoms with Crippen LogP contribution >= 0.6 is 0 Å². The van der Waals surface area contributed by atoms with Crippen LogP contribution in [0.1, 0.15) is 23.2 Å². The fourth-order valence-electron chi connectivity index (χ4n) is 1.28. The third-order valence-corrected chi connectivity index (χ3v) is 1.90. The number of nitrogens with zero attached hydrogens (tertiary/aromatic N) is 2. The predicted molar refractivity (Wildman–Crippen MR) is 45.6 cm³/mol. The summed E-state index contributed by atoms with van der Waals surface area (Å²) in [6, 6.07) is 0.487. The maximum Gasteiger partial charge on any atom is 0.424 e.